The first-order valence-electron chi connectivity index (χ1n) is 8.35. The molecule has 128 valence electrons. The lowest BCUT2D eigenvalue weighted by molar-refractivity contribution is 0.560. The maximum Gasteiger partial charge on any atom is 0.264 e. The van der Waals surface area contributed by atoms with E-state index in [-0.39, 0.29) is 16.8 Å². The molecule has 0 spiro atoms. The number of rotatable bonds is 4. The number of benzene rings is 2. The summed E-state index contributed by atoms with van der Waals surface area (Å²) in [6.07, 6.45) is 3.33. The Bertz CT molecular complexity index is 831. The van der Waals surface area contributed by atoms with Crippen LogP contribution in [-0.2, 0) is 22.9 Å². The minimum Gasteiger partial charge on any atom is -0.263 e. The lowest BCUT2D eigenvalue weighted by atomic mass is 9.99. The molecule has 1 aliphatic rings. The van der Waals surface area contributed by atoms with Gasteiger partial charge < -0.3 is 0 Å². The summed E-state index contributed by atoms with van der Waals surface area (Å²) in [6.45, 7) is 3.99. The summed E-state index contributed by atoms with van der Waals surface area (Å²) in [5, 5.41) is 0. The van der Waals surface area contributed by atoms with Crippen molar-refractivity contribution in [1.29, 1.82) is 0 Å². The van der Waals surface area contributed by atoms with Crippen molar-refractivity contribution in [2.24, 2.45) is 0 Å². The fourth-order valence-corrected chi connectivity index (χ4v) is 5.01. The van der Waals surface area contributed by atoms with Crippen LogP contribution in [0.2, 0.25) is 0 Å². The van der Waals surface area contributed by atoms with Crippen LogP contribution in [0.25, 0.3) is 0 Å². The van der Waals surface area contributed by atoms with Gasteiger partial charge in [0.25, 0.3) is 10.0 Å². The number of anilines is 1. The molecule has 0 amide bonds. The lowest BCUT2D eigenvalue weighted by Gasteiger charge is -2.36. The Hall–Kier alpha value is -1.88. The van der Waals surface area contributed by atoms with Crippen molar-refractivity contribution < 1.29 is 12.8 Å². The summed E-state index contributed by atoms with van der Waals surface area (Å²) >= 11 is 0. The molecule has 0 aliphatic carbocycles. The highest BCUT2D eigenvalue weighted by Crippen LogP contribution is 2.35. The minimum atomic E-state index is -3.66. The Morgan fingerprint density at radius 1 is 1.17 bits per heavy atom. The van der Waals surface area contributed by atoms with Crippen LogP contribution in [0.3, 0.4) is 0 Å². The van der Waals surface area contributed by atoms with E-state index in [1.54, 1.807) is 18.2 Å². The second kappa shape index (κ2) is 6.55. The highest BCUT2D eigenvalue weighted by molar-refractivity contribution is 7.92. The van der Waals surface area contributed by atoms with Crippen LogP contribution in [0, 0.1) is 5.82 Å². The first kappa shape index (κ1) is 17.0. The summed E-state index contributed by atoms with van der Waals surface area (Å²) in [4.78, 5) is 0.284. The van der Waals surface area contributed by atoms with Crippen LogP contribution in [0.1, 0.15) is 37.8 Å². The highest BCUT2D eigenvalue weighted by atomic mass is 32.2. The van der Waals surface area contributed by atoms with Crippen LogP contribution in [0.4, 0.5) is 10.1 Å². The topological polar surface area (TPSA) is 37.4 Å². The van der Waals surface area contributed by atoms with Crippen LogP contribution in [0.15, 0.2) is 47.4 Å². The molecular formula is C19H22FNO2S. The summed E-state index contributed by atoms with van der Waals surface area (Å²) in [7, 11) is -3.66. The van der Waals surface area contributed by atoms with Crippen LogP contribution >= 0.6 is 0 Å². The molecule has 1 aliphatic heterocycles. The van der Waals surface area contributed by atoms with Gasteiger partial charge in [-0.3, -0.25) is 4.31 Å². The molecule has 24 heavy (non-hydrogen) atoms. The predicted octanol–water partition coefficient (Wildman–Crippen LogP) is 4.31. The Morgan fingerprint density at radius 2 is 1.88 bits per heavy atom. The molecule has 2 aromatic carbocycles. The molecule has 3 nitrogen and oxygen atoms in total. The highest BCUT2D eigenvalue weighted by Gasteiger charge is 2.33. The molecule has 0 aromatic heterocycles. The molecule has 3 rings (SSSR count). The zero-order valence-corrected chi connectivity index (χ0v) is 14.8. The van der Waals surface area contributed by atoms with E-state index in [0.717, 1.165) is 24.0 Å². The van der Waals surface area contributed by atoms with Crippen molar-refractivity contribution in [2.75, 3.05) is 4.31 Å². The molecule has 0 saturated carbocycles. The maximum absolute atomic E-state index is 13.5. The molecule has 1 atom stereocenters. The van der Waals surface area contributed by atoms with Crippen LogP contribution in [-0.4, -0.2) is 14.5 Å². The fraction of sp³-hybridized carbons (Fsp3) is 0.368. The van der Waals surface area contributed by atoms with E-state index in [1.165, 1.54) is 16.4 Å². The van der Waals surface area contributed by atoms with Gasteiger partial charge in [-0.2, -0.15) is 0 Å². The third-order valence-corrected chi connectivity index (χ3v) is 6.47. The number of aryl methyl sites for hydroxylation is 2. The van der Waals surface area contributed by atoms with Gasteiger partial charge in [0.1, 0.15) is 5.82 Å². The van der Waals surface area contributed by atoms with Gasteiger partial charge in [0.05, 0.1) is 10.6 Å². The van der Waals surface area contributed by atoms with Crippen LogP contribution < -0.4 is 4.31 Å². The Balaban J connectivity index is 2.03. The molecular weight excluding hydrogens is 325 g/mol. The number of hydrogen-bond donors (Lipinski definition) is 0. The minimum absolute atomic E-state index is 0.150. The van der Waals surface area contributed by atoms with Gasteiger partial charge in [0.2, 0.25) is 0 Å². The standard InChI is InChI=1S/C19H22FNO2S/c1-3-4-15-6-10-18(11-7-15)24(22,23)21-14(2)5-8-16-13-17(20)9-12-19(16)21/h6-7,9-14H,3-5,8H2,1-2H3. The van der Waals surface area contributed by atoms with Crippen molar-refractivity contribution >= 4 is 15.7 Å². The Labute approximate surface area is 143 Å². The van der Waals surface area contributed by atoms with Crippen LogP contribution in [0.5, 0.6) is 0 Å². The van der Waals surface area contributed by atoms with E-state index >= 15 is 0 Å². The van der Waals surface area contributed by atoms with E-state index in [4.69, 9.17) is 0 Å². The number of halogens is 1. The number of sulfonamides is 1. The first-order valence-corrected chi connectivity index (χ1v) is 9.79. The van der Waals surface area contributed by atoms with Crippen molar-refractivity contribution in [1.82, 2.24) is 0 Å². The molecule has 1 heterocycles. The fourth-order valence-electron chi connectivity index (χ4n) is 3.29. The summed E-state index contributed by atoms with van der Waals surface area (Å²) in [5.74, 6) is -0.329. The van der Waals surface area contributed by atoms with Gasteiger partial charge in [0.15, 0.2) is 0 Å². The van der Waals surface area contributed by atoms with Crippen molar-refractivity contribution in [3.05, 3.63) is 59.4 Å². The van der Waals surface area contributed by atoms with E-state index in [9.17, 15) is 12.8 Å². The summed E-state index contributed by atoms with van der Waals surface area (Å²) in [5.41, 5.74) is 2.47. The third kappa shape index (κ3) is 3.05. The summed E-state index contributed by atoms with van der Waals surface area (Å²) in [6, 6.07) is 11.3. The average Bonchev–Trinajstić information content (AvgIpc) is 2.55. The first-order chi connectivity index (χ1) is 11.4. The van der Waals surface area contributed by atoms with E-state index in [2.05, 4.69) is 6.92 Å². The largest absolute Gasteiger partial charge is 0.264 e. The SMILES string of the molecule is CCCc1ccc(S(=O)(=O)N2c3ccc(F)cc3CCC2C)cc1. The molecule has 0 N–H and O–H groups in total. The van der Waals surface area contributed by atoms with Gasteiger partial charge in [0, 0.05) is 6.04 Å². The summed E-state index contributed by atoms with van der Waals surface area (Å²) < 4.78 is 41.2. The smallest absolute Gasteiger partial charge is 0.263 e. The van der Waals surface area contributed by atoms with Gasteiger partial charge in [-0.15, -0.1) is 0 Å². The zero-order valence-electron chi connectivity index (χ0n) is 14.0. The number of hydrogen-bond acceptors (Lipinski definition) is 2. The second-order valence-corrected chi connectivity index (χ2v) is 8.17. The second-order valence-electron chi connectivity index (χ2n) is 6.36. The molecule has 0 radical (unpaired) electrons. The predicted molar refractivity (Wildman–Crippen MR) is 94.3 cm³/mol. The van der Waals surface area contributed by atoms with Gasteiger partial charge in [-0.05, 0) is 67.6 Å². The average molecular weight is 347 g/mol. The quantitative estimate of drug-likeness (QED) is 0.826. The van der Waals surface area contributed by atoms with Gasteiger partial charge in [-0.25, -0.2) is 12.8 Å². The monoisotopic (exact) mass is 347 g/mol. The Kier molecular flexibility index (Phi) is 4.63. The molecule has 5 heteroatoms. The third-order valence-electron chi connectivity index (χ3n) is 4.53. The molecule has 0 saturated heterocycles. The number of fused-ring (bicyclic) bond motifs is 1. The molecule has 0 bridgehead atoms. The molecule has 2 aromatic rings. The lowest BCUT2D eigenvalue weighted by Crippen LogP contribution is -2.42. The van der Waals surface area contributed by atoms with Gasteiger partial charge >= 0.3 is 0 Å². The number of nitrogens with zero attached hydrogens (tertiary/aromatic N) is 1. The van der Waals surface area contributed by atoms with Gasteiger partial charge in [-0.1, -0.05) is 25.5 Å². The normalized spacial score (nSPS) is 17.6. The molecule has 0 fully saturated rings. The van der Waals surface area contributed by atoms with E-state index < -0.39 is 10.0 Å². The van der Waals surface area contributed by atoms with Crippen molar-refractivity contribution in [3.63, 3.8) is 0 Å². The molecule has 1 unspecified atom stereocenters. The van der Waals surface area contributed by atoms with Crippen molar-refractivity contribution in [2.45, 2.75) is 50.5 Å². The van der Waals surface area contributed by atoms with Crippen molar-refractivity contribution in [3.8, 4) is 0 Å². The van der Waals surface area contributed by atoms with E-state index in [1.807, 2.05) is 19.1 Å². The zero-order chi connectivity index (χ0) is 17.3. The van der Waals surface area contributed by atoms with E-state index in [0.29, 0.717) is 18.5 Å². The Morgan fingerprint density at radius 3 is 2.54 bits per heavy atom. The maximum atomic E-state index is 13.5.